The average molecular weight is 264 g/mol. The smallest absolute Gasteiger partial charge is 0.166 e. The Hall–Kier alpha value is -2.23. The maximum atomic E-state index is 13.9. The van der Waals surface area contributed by atoms with E-state index in [0.717, 1.165) is 12.1 Å². The van der Waals surface area contributed by atoms with E-state index in [-0.39, 0.29) is 11.1 Å². The van der Waals surface area contributed by atoms with E-state index in [0.29, 0.717) is 5.75 Å². The Balaban J connectivity index is 2.36. The van der Waals surface area contributed by atoms with Crippen molar-refractivity contribution in [1.29, 1.82) is 0 Å². The van der Waals surface area contributed by atoms with Crippen LogP contribution in [0.1, 0.15) is 11.1 Å². The molecule has 0 N–H and O–H groups in total. The SMILES string of the molecule is COc1ccc(/C(F)=C(\F)c2ccc(F)cc2)cc1. The van der Waals surface area contributed by atoms with Crippen LogP contribution in [0.5, 0.6) is 5.75 Å². The van der Waals surface area contributed by atoms with Gasteiger partial charge in [0.2, 0.25) is 0 Å². The first-order valence-corrected chi connectivity index (χ1v) is 5.57. The van der Waals surface area contributed by atoms with Gasteiger partial charge in [0.15, 0.2) is 11.7 Å². The Morgan fingerprint density at radius 3 is 1.63 bits per heavy atom. The van der Waals surface area contributed by atoms with Crippen molar-refractivity contribution in [3.8, 4) is 5.75 Å². The summed E-state index contributed by atoms with van der Waals surface area (Å²) in [6.07, 6.45) is 0. The third kappa shape index (κ3) is 2.96. The molecule has 0 aliphatic heterocycles. The van der Waals surface area contributed by atoms with Gasteiger partial charge in [0, 0.05) is 11.1 Å². The predicted molar refractivity (Wildman–Crippen MR) is 68.4 cm³/mol. The van der Waals surface area contributed by atoms with Gasteiger partial charge >= 0.3 is 0 Å². The maximum absolute atomic E-state index is 13.9. The van der Waals surface area contributed by atoms with Gasteiger partial charge in [-0.05, 0) is 48.5 Å². The molecule has 4 heteroatoms. The van der Waals surface area contributed by atoms with Crippen molar-refractivity contribution in [2.45, 2.75) is 0 Å². The molecule has 2 aromatic rings. The van der Waals surface area contributed by atoms with Crippen LogP contribution < -0.4 is 4.74 Å². The zero-order chi connectivity index (χ0) is 13.8. The molecule has 0 atom stereocenters. The molecule has 0 bridgehead atoms. The monoisotopic (exact) mass is 264 g/mol. The van der Waals surface area contributed by atoms with Crippen LogP contribution in [0.15, 0.2) is 48.5 Å². The van der Waals surface area contributed by atoms with Gasteiger partial charge in [0.25, 0.3) is 0 Å². The minimum Gasteiger partial charge on any atom is -0.497 e. The van der Waals surface area contributed by atoms with E-state index in [1.807, 2.05) is 0 Å². The van der Waals surface area contributed by atoms with Gasteiger partial charge in [0.05, 0.1) is 7.11 Å². The van der Waals surface area contributed by atoms with Crippen LogP contribution in [0.2, 0.25) is 0 Å². The summed E-state index contributed by atoms with van der Waals surface area (Å²) in [6, 6.07) is 10.4. The summed E-state index contributed by atoms with van der Waals surface area (Å²) >= 11 is 0. The lowest BCUT2D eigenvalue weighted by atomic mass is 10.1. The Labute approximate surface area is 109 Å². The van der Waals surface area contributed by atoms with Gasteiger partial charge < -0.3 is 4.74 Å². The first-order chi connectivity index (χ1) is 9.11. The summed E-state index contributed by atoms with van der Waals surface area (Å²) in [5, 5.41) is 0. The second-order valence-electron chi connectivity index (χ2n) is 3.86. The van der Waals surface area contributed by atoms with Crippen LogP contribution in [-0.2, 0) is 0 Å². The normalized spacial score (nSPS) is 12.0. The lowest BCUT2D eigenvalue weighted by Crippen LogP contribution is -1.86. The van der Waals surface area contributed by atoms with Crippen molar-refractivity contribution in [2.75, 3.05) is 7.11 Å². The number of methoxy groups -OCH3 is 1. The van der Waals surface area contributed by atoms with Gasteiger partial charge in [-0.15, -0.1) is 0 Å². The summed E-state index contributed by atoms with van der Waals surface area (Å²) in [7, 11) is 1.49. The molecule has 0 aromatic heterocycles. The molecule has 98 valence electrons. The van der Waals surface area contributed by atoms with Crippen LogP contribution in [0.3, 0.4) is 0 Å². The van der Waals surface area contributed by atoms with Gasteiger partial charge in [0.1, 0.15) is 11.6 Å². The Kier molecular flexibility index (Phi) is 3.90. The quantitative estimate of drug-likeness (QED) is 0.736. The molecule has 0 aliphatic carbocycles. The fourth-order valence-corrected chi connectivity index (χ4v) is 1.59. The van der Waals surface area contributed by atoms with Crippen molar-refractivity contribution in [1.82, 2.24) is 0 Å². The van der Waals surface area contributed by atoms with Crippen LogP contribution >= 0.6 is 0 Å². The topological polar surface area (TPSA) is 9.23 Å². The van der Waals surface area contributed by atoms with Crippen LogP contribution in [0, 0.1) is 5.82 Å². The van der Waals surface area contributed by atoms with Crippen LogP contribution in [0.4, 0.5) is 13.2 Å². The number of rotatable bonds is 3. The van der Waals surface area contributed by atoms with Crippen molar-refractivity contribution in [3.05, 3.63) is 65.5 Å². The minimum atomic E-state index is -1.02. The molecule has 0 saturated carbocycles. The van der Waals surface area contributed by atoms with Gasteiger partial charge in [-0.1, -0.05) is 0 Å². The van der Waals surface area contributed by atoms with Gasteiger partial charge in [-0.3, -0.25) is 0 Å². The molecule has 19 heavy (non-hydrogen) atoms. The molecule has 0 unspecified atom stereocenters. The van der Waals surface area contributed by atoms with E-state index in [9.17, 15) is 13.2 Å². The van der Waals surface area contributed by atoms with E-state index in [2.05, 4.69) is 0 Å². The lowest BCUT2D eigenvalue weighted by Gasteiger charge is -2.04. The second-order valence-corrected chi connectivity index (χ2v) is 3.86. The molecular weight excluding hydrogens is 253 g/mol. The third-order valence-corrected chi connectivity index (χ3v) is 2.63. The largest absolute Gasteiger partial charge is 0.497 e. The zero-order valence-corrected chi connectivity index (χ0v) is 10.2. The van der Waals surface area contributed by atoms with Crippen molar-refractivity contribution < 1.29 is 17.9 Å². The second kappa shape index (κ2) is 5.61. The fourth-order valence-electron chi connectivity index (χ4n) is 1.59. The Bertz CT molecular complexity index is 586. The number of hydrogen-bond donors (Lipinski definition) is 0. The van der Waals surface area contributed by atoms with Crippen LogP contribution in [0.25, 0.3) is 11.7 Å². The van der Waals surface area contributed by atoms with Crippen molar-refractivity contribution in [3.63, 3.8) is 0 Å². The highest BCUT2D eigenvalue weighted by Gasteiger charge is 2.11. The first-order valence-electron chi connectivity index (χ1n) is 5.57. The average Bonchev–Trinajstić information content (AvgIpc) is 2.46. The molecule has 0 amide bonds. The maximum Gasteiger partial charge on any atom is 0.166 e. The van der Waals surface area contributed by atoms with Crippen molar-refractivity contribution in [2.24, 2.45) is 0 Å². The number of hydrogen-bond acceptors (Lipinski definition) is 1. The molecule has 0 saturated heterocycles. The zero-order valence-electron chi connectivity index (χ0n) is 10.2. The lowest BCUT2D eigenvalue weighted by molar-refractivity contribution is 0.414. The fraction of sp³-hybridized carbons (Fsp3) is 0.0667. The summed E-state index contributed by atoms with van der Waals surface area (Å²) in [6.45, 7) is 0. The Morgan fingerprint density at radius 1 is 0.789 bits per heavy atom. The molecule has 0 aliphatic rings. The standard InChI is InChI=1S/C15H11F3O/c1-19-13-8-4-11(5-9-13)15(18)14(17)10-2-6-12(16)7-3-10/h2-9H,1H3/b15-14+. The molecule has 0 radical (unpaired) electrons. The predicted octanol–water partition coefficient (Wildman–Crippen LogP) is 4.60. The molecule has 2 rings (SSSR count). The van der Waals surface area contributed by atoms with Crippen LogP contribution in [-0.4, -0.2) is 7.11 Å². The van der Waals surface area contributed by atoms with E-state index >= 15 is 0 Å². The third-order valence-electron chi connectivity index (χ3n) is 2.63. The molecule has 2 aromatic carbocycles. The van der Waals surface area contributed by atoms with Crippen molar-refractivity contribution >= 4 is 11.7 Å². The van der Waals surface area contributed by atoms with E-state index < -0.39 is 17.5 Å². The van der Waals surface area contributed by atoms with Gasteiger partial charge in [-0.2, -0.15) is 0 Å². The van der Waals surface area contributed by atoms with Gasteiger partial charge in [-0.25, -0.2) is 13.2 Å². The number of benzene rings is 2. The highest BCUT2D eigenvalue weighted by Crippen LogP contribution is 2.29. The molecule has 0 fully saturated rings. The molecular formula is C15H11F3O. The van der Waals surface area contributed by atoms with E-state index in [4.69, 9.17) is 4.74 Å². The minimum absolute atomic E-state index is 0.00489. The van der Waals surface area contributed by atoms with E-state index in [1.165, 1.54) is 43.5 Å². The summed E-state index contributed by atoms with van der Waals surface area (Å²) in [5.74, 6) is -1.96. The summed E-state index contributed by atoms with van der Waals surface area (Å²) in [5.41, 5.74) is 0.0948. The number of ether oxygens (including phenoxy) is 1. The molecule has 0 spiro atoms. The summed E-state index contributed by atoms with van der Waals surface area (Å²) in [4.78, 5) is 0. The molecule has 1 nitrogen and oxygen atoms in total. The Morgan fingerprint density at radius 2 is 1.21 bits per heavy atom. The highest BCUT2D eigenvalue weighted by molar-refractivity contribution is 5.83. The van der Waals surface area contributed by atoms with E-state index in [1.54, 1.807) is 0 Å². The first kappa shape index (κ1) is 13.2. The molecule has 0 heterocycles. The number of halogens is 3. The highest BCUT2D eigenvalue weighted by atomic mass is 19.2. The summed E-state index contributed by atoms with van der Waals surface area (Å²) < 4.78 is 45.4.